The molecule has 0 radical (unpaired) electrons. The Kier molecular flexibility index (Phi) is 3.75. The summed E-state index contributed by atoms with van der Waals surface area (Å²) in [6.45, 7) is 0. The normalized spacial score (nSPS) is 14.0. The largest absolute Gasteiger partial charge is 0.416 e. The summed E-state index contributed by atoms with van der Waals surface area (Å²) >= 11 is 3.03. The number of hydrogen-bond acceptors (Lipinski definition) is 2. The molecular formula is C9H8BrF3O2. The van der Waals surface area contributed by atoms with Gasteiger partial charge in [0.05, 0.1) is 5.56 Å². The van der Waals surface area contributed by atoms with Crippen LogP contribution in [-0.2, 0) is 10.9 Å². The quantitative estimate of drug-likeness (QED) is 0.846. The van der Waals surface area contributed by atoms with Gasteiger partial charge >= 0.3 is 6.18 Å². The van der Waals surface area contributed by atoms with E-state index in [9.17, 15) is 18.3 Å². The molecule has 0 aliphatic carbocycles. The standard InChI is InChI=1S/C9H8BrF3O2/c1-15-8(14)6-4-5(9(11,12)13)2-3-7(6)10/h2-4,8,14H,1H3. The van der Waals surface area contributed by atoms with Crippen LogP contribution in [0.3, 0.4) is 0 Å². The van der Waals surface area contributed by atoms with Crippen molar-refractivity contribution >= 4 is 15.9 Å². The van der Waals surface area contributed by atoms with Gasteiger partial charge in [-0.05, 0) is 18.2 Å². The van der Waals surface area contributed by atoms with Crippen molar-refractivity contribution in [2.45, 2.75) is 12.5 Å². The van der Waals surface area contributed by atoms with E-state index in [4.69, 9.17) is 0 Å². The molecule has 0 fully saturated rings. The van der Waals surface area contributed by atoms with Crippen LogP contribution in [0, 0.1) is 0 Å². The van der Waals surface area contributed by atoms with Crippen molar-refractivity contribution in [3.8, 4) is 0 Å². The van der Waals surface area contributed by atoms with E-state index >= 15 is 0 Å². The molecule has 1 atom stereocenters. The van der Waals surface area contributed by atoms with Gasteiger partial charge in [-0.25, -0.2) is 0 Å². The summed E-state index contributed by atoms with van der Waals surface area (Å²) in [5.74, 6) is 0. The molecule has 0 saturated heterocycles. The number of halogens is 4. The van der Waals surface area contributed by atoms with Crippen LogP contribution < -0.4 is 0 Å². The van der Waals surface area contributed by atoms with Crippen LogP contribution in [0.5, 0.6) is 0 Å². The van der Waals surface area contributed by atoms with Crippen LogP contribution in [0.4, 0.5) is 13.2 Å². The van der Waals surface area contributed by atoms with E-state index < -0.39 is 18.0 Å². The minimum atomic E-state index is -4.43. The first-order valence-corrected chi connectivity index (χ1v) is 4.73. The molecule has 6 heteroatoms. The SMILES string of the molecule is COC(O)c1cc(C(F)(F)F)ccc1Br. The summed E-state index contributed by atoms with van der Waals surface area (Å²) in [6, 6.07) is 2.99. The molecule has 0 saturated carbocycles. The third-order valence-corrected chi connectivity index (χ3v) is 2.53. The zero-order valence-electron chi connectivity index (χ0n) is 7.68. The van der Waals surface area contributed by atoms with Crippen molar-refractivity contribution in [2.75, 3.05) is 7.11 Å². The summed E-state index contributed by atoms with van der Waals surface area (Å²) < 4.78 is 41.9. The number of hydrogen-bond donors (Lipinski definition) is 1. The fourth-order valence-electron chi connectivity index (χ4n) is 1.04. The smallest absolute Gasteiger partial charge is 0.364 e. The van der Waals surface area contributed by atoms with E-state index in [0.717, 1.165) is 12.1 Å². The Morgan fingerprint density at radius 1 is 1.40 bits per heavy atom. The Hall–Kier alpha value is -0.590. The lowest BCUT2D eigenvalue weighted by Crippen LogP contribution is -2.08. The Morgan fingerprint density at radius 3 is 2.47 bits per heavy atom. The molecule has 0 spiro atoms. The maximum Gasteiger partial charge on any atom is 0.416 e. The van der Waals surface area contributed by atoms with E-state index in [1.807, 2.05) is 0 Å². The molecule has 0 bridgehead atoms. The first-order valence-electron chi connectivity index (χ1n) is 3.93. The Labute approximate surface area is 92.8 Å². The van der Waals surface area contributed by atoms with Crippen molar-refractivity contribution in [2.24, 2.45) is 0 Å². The zero-order valence-corrected chi connectivity index (χ0v) is 9.26. The maximum atomic E-state index is 12.3. The van der Waals surface area contributed by atoms with Gasteiger partial charge in [-0.1, -0.05) is 15.9 Å². The van der Waals surface area contributed by atoms with Gasteiger partial charge in [0.25, 0.3) is 0 Å². The van der Waals surface area contributed by atoms with E-state index in [2.05, 4.69) is 20.7 Å². The highest BCUT2D eigenvalue weighted by Crippen LogP contribution is 2.33. The second-order valence-corrected chi connectivity index (χ2v) is 3.68. The molecule has 1 aromatic carbocycles. The summed E-state index contributed by atoms with van der Waals surface area (Å²) in [5, 5.41) is 9.28. The average molecular weight is 285 g/mol. The summed E-state index contributed by atoms with van der Waals surface area (Å²) in [7, 11) is 1.21. The van der Waals surface area contributed by atoms with Gasteiger partial charge in [0.15, 0.2) is 6.29 Å². The van der Waals surface area contributed by atoms with Crippen LogP contribution in [0.15, 0.2) is 22.7 Å². The third kappa shape index (κ3) is 2.93. The lowest BCUT2D eigenvalue weighted by Gasteiger charge is -2.14. The molecule has 0 aliphatic heterocycles. The van der Waals surface area contributed by atoms with Crippen LogP contribution in [0.25, 0.3) is 0 Å². The number of benzene rings is 1. The molecular weight excluding hydrogens is 277 g/mol. The summed E-state index contributed by atoms with van der Waals surface area (Å²) in [4.78, 5) is 0. The predicted molar refractivity (Wildman–Crippen MR) is 51.1 cm³/mol. The number of aliphatic hydroxyl groups is 1. The van der Waals surface area contributed by atoms with E-state index in [-0.39, 0.29) is 5.56 Å². The minimum Gasteiger partial charge on any atom is -0.364 e. The van der Waals surface area contributed by atoms with Gasteiger partial charge in [-0.15, -0.1) is 0 Å². The number of methoxy groups -OCH3 is 1. The molecule has 0 aromatic heterocycles. The highest BCUT2D eigenvalue weighted by atomic mass is 79.9. The number of ether oxygens (including phenoxy) is 1. The number of aliphatic hydroxyl groups excluding tert-OH is 1. The molecule has 1 rings (SSSR count). The molecule has 1 aromatic rings. The van der Waals surface area contributed by atoms with E-state index in [1.54, 1.807) is 0 Å². The van der Waals surface area contributed by atoms with Crippen molar-refractivity contribution in [1.29, 1.82) is 0 Å². The van der Waals surface area contributed by atoms with Crippen molar-refractivity contribution < 1.29 is 23.0 Å². The Morgan fingerprint density at radius 2 is 2.00 bits per heavy atom. The fourth-order valence-corrected chi connectivity index (χ4v) is 1.48. The average Bonchev–Trinajstić information content (AvgIpc) is 2.15. The second-order valence-electron chi connectivity index (χ2n) is 2.82. The zero-order chi connectivity index (χ0) is 11.6. The first kappa shape index (κ1) is 12.5. The Balaban J connectivity index is 3.17. The molecule has 0 amide bonds. The van der Waals surface area contributed by atoms with Crippen molar-refractivity contribution in [3.63, 3.8) is 0 Å². The number of rotatable bonds is 2. The molecule has 0 aliphatic rings. The van der Waals surface area contributed by atoms with Gasteiger partial charge in [-0.3, -0.25) is 0 Å². The highest BCUT2D eigenvalue weighted by Gasteiger charge is 2.31. The molecule has 0 heterocycles. The molecule has 2 nitrogen and oxygen atoms in total. The van der Waals surface area contributed by atoms with Crippen LogP contribution >= 0.6 is 15.9 Å². The van der Waals surface area contributed by atoms with Gasteiger partial charge in [0, 0.05) is 17.1 Å². The van der Waals surface area contributed by atoms with Crippen LogP contribution in [-0.4, -0.2) is 12.2 Å². The van der Waals surface area contributed by atoms with Crippen LogP contribution in [0.2, 0.25) is 0 Å². The summed E-state index contributed by atoms with van der Waals surface area (Å²) in [5.41, 5.74) is -0.774. The van der Waals surface area contributed by atoms with E-state index in [1.165, 1.54) is 13.2 Å². The lowest BCUT2D eigenvalue weighted by atomic mass is 10.1. The van der Waals surface area contributed by atoms with Crippen LogP contribution in [0.1, 0.15) is 17.4 Å². The van der Waals surface area contributed by atoms with Crippen molar-refractivity contribution in [1.82, 2.24) is 0 Å². The fraction of sp³-hybridized carbons (Fsp3) is 0.333. The Bertz CT molecular complexity index is 352. The topological polar surface area (TPSA) is 29.5 Å². The maximum absolute atomic E-state index is 12.3. The number of alkyl halides is 3. The molecule has 15 heavy (non-hydrogen) atoms. The lowest BCUT2D eigenvalue weighted by molar-refractivity contribution is -0.138. The molecule has 84 valence electrons. The first-order chi connectivity index (χ1) is 6.86. The third-order valence-electron chi connectivity index (χ3n) is 1.81. The molecule has 1 N–H and O–H groups in total. The summed E-state index contributed by atoms with van der Waals surface area (Å²) in [6.07, 6.45) is -5.80. The molecule has 1 unspecified atom stereocenters. The minimum absolute atomic E-state index is 0.0484. The van der Waals surface area contributed by atoms with Gasteiger partial charge in [-0.2, -0.15) is 13.2 Å². The highest BCUT2D eigenvalue weighted by molar-refractivity contribution is 9.10. The van der Waals surface area contributed by atoms with Gasteiger partial charge < -0.3 is 9.84 Å². The monoisotopic (exact) mass is 284 g/mol. The van der Waals surface area contributed by atoms with Gasteiger partial charge in [0.1, 0.15) is 0 Å². The predicted octanol–water partition coefficient (Wildman–Crippen LogP) is 3.11. The van der Waals surface area contributed by atoms with E-state index in [0.29, 0.717) is 4.47 Å². The second kappa shape index (κ2) is 4.51. The van der Waals surface area contributed by atoms with Crippen molar-refractivity contribution in [3.05, 3.63) is 33.8 Å². The van der Waals surface area contributed by atoms with Gasteiger partial charge in [0.2, 0.25) is 0 Å².